The Morgan fingerprint density at radius 3 is 2.41 bits per heavy atom. The topological polar surface area (TPSA) is 110 Å². The van der Waals surface area contributed by atoms with Gasteiger partial charge in [0.05, 0.1) is 37.9 Å². The van der Waals surface area contributed by atoms with Gasteiger partial charge >= 0.3 is 5.97 Å². The molecule has 14 atom stereocenters. The Morgan fingerprint density at radius 1 is 0.898 bits per heavy atom. The van der Waals surface area contributed by atoms with Crippen molar-refractivity contribution in [2.45, 2.75) is 135 Å². The predicted octanol–water partition coefficient (Wildman–Crippen LogP) is 5.54. The molecule has 0 spiro atoms. The number of rotatable bonds is 7. The summed E-state index contributed by atoms with van der Waals surface area (Å²) < 4.78 is 36.5. The van der Waals surface area contributed by atoms with Crippen molar-refractivity contribution in [1.29, 1.82) is 0 Å². The van der Waals surface area contributed by atoms with E-state index < -0.39 is 6.29 Å². The average Bonchev–Trinajstić information content (AvgIpc) is 3.64. The molecule has 0 unspecified atom stereocenters. The molecule has 272 valence electrons. The monoisotopic (exact) mass is 683 g/mol. The minimum Gasteiger partial charge on any atom is -0.493 e. The molecule has 0 bridgehead atoms. The van der Waals surface area contributed by atoms with Gasteiger partial charge in [-0.25, -0.2) is 0 Å². The second-order valence-electron chi connectivity index (χ2n) is 15.5. The first-order valence-corrected chi connectivity index (χ1v) is 18.7. The lowest BCUT2D eigenvalue weighted by atomic mass is 9.70. The van der Waals surface area contributed by atoms with Gasteiger partial charge in [-0.3, -0.25) is 14.4 Å². The zero-order chi connectivity index (χ0) is 35.0. The van der Waals surface area contributed by atoms with E-state index in [-0.39, 0.29) is 102 Å². The molecule has 0 aromatic heterocycles. The Morgan fingerprint density at radius 2 is 1.69 bits per heavy atom. The summed E-state index contributed by atoms with van der Waals surface area (Å²) in [5, 5.41) is 0. The molecule has 3 aliphatic heterocycles. The number of likely N-dealkylation sites (N-methyl/N-ethyl adjacent to an activating group) is 1. The average molecular weight is 684 g/mol. The van der Waals surface area contributed by atoms with Crippen LogP contribution in [0.5, 0.6) is 0 Å². The number of hydrogen-bond acceptors (Lipinski definition) is 10. The van der Waals surface area contributed by atoms with E-state index in [1.54, 1.807) is 6.08 Å². The van der Waals surface area contributed by atoms with Gasteiger partial charge in [0, 0.05) is 17.9 Å². The summed E-state index contributed by atoms with van der Waals surface area (Å²) in [6, 6.07) is 0.333. The largest absolute Gasteiger partial charge is 0.493 e. The van der Waals surface area contributed by atoms with E-state index >= 15 is 0 Å². The first-order valence-electron chi connectivity index (χ1n) is 18.7. The Kier molecular flexibility index (Phi) is 11.5. The highest BCUT2D eigenvalue weighted by atomic mass is 16.7. The summed E-state index contributed by atoms with van der Waals surface area (Å²) in [6.07, 6.45) is 12.5. The van der Waals surface area contributed by atoms with Crippen molar-refractivity contribution < 1.29 is 42.8 Å². The van der Waals surface area contributed by atoms with Gasteiger partial charge < -0.3 is 33.3 Å². The lowest BCUT2D eigenvalue weighted by molar-refractivity contribution is -0.231. The van der Waals surface area contributed by atoms with Crippen LogP contribution >= 0.6 is 0 Å². The van der Waals surface area contributed by atoms with E-state index in [2.05, 4.69) is 51.1 Å². The zero-order valence-corrected chi connectivity index (χ0v) is 30.4. The van der Waals surface area contributed by atoms with Gasteiger partial charge in [-0.2, -0.15) is 0 Å². The summed E-state index contributed by atoms with van der Waals surface area (Å²) in [7, 11) is 5.65. The lowest BCUT2D eigenvalue weighted by Crippen LogP contribution is -2.47. The third-order valence-corrected chi connectivity index (χ3v) is 12.1. The molecule has 49 heavy (non-hydrogen) atoms. The first kappa shape index (κ1) is 36.4. The van der Waals surface area contributed by atoms with Gasteiger partial charge in [0.25, 0.3) is 5.78 Å². The number of carbonyl (C=O) groups is 3. The van der Waals surface area contributed by atoms with Crippen LogP contribution in [0.15, 0.2) is 35.6 Å². The maximum absolute atomic E-state index is 14.5. The maximum atomic E-state index is 14.5. The number of ether oxygens (including phenoxy) is 6. The molecular formula is C39H57NO9. The highest BCUT2D eigenvalue weighted by Crippen LogP contribution is 2.54. The normalized spacial score (nSPS) is 43.1. The summed E-state index contributed by atoms with van der Waals surface area (Å²) in [6.45, 7) is 8.01. The number of ketones is 2. The van der Waals surface area contributed by atoms with Crippen LogP contribution in [-0.4, -0.2) is 92.8 Å². The van der Waals surface area contributed by atoms with E-state index in [0.29, 0.717) is 12.5 Å². The van der Waals surface area contributed by atoms with Crippen LogP contribution in [0.2, 0.25) is 0 Å². The van der Waals surface area contributed by atoms with Crippen molar-refractivity contribution >= 4 is 17.5 Å². The fourth-order valence-corrected chi connectivity index (χ4v) is 9.43. The zero-order valence-electron chi connectivity index (χ0n) is 30.4. The van der Waals surface area contributed by atoms with Gasteiger partial charge in [0.1, 0.15) is 6.10 Å². The minimum atomic E-state index is -0.998. The Labute approximate surface area is 291 Å². The first-order chi connectivity index (χ1) is 23.5. The third-order valence-electron chi connectivity index (χ3n) is 12.1. The number of hydrogen-bond donors (Lipinski definition) is 0. The van der Waals surface area contributed by atoms with E-state index in [4.69, 9.17) is 28.4 Å². The van der Waals surface area contributed by atoms with Gasteiger partial charge in [0.2, 0.25) is 6.29 Å². The fraction of sp³-hybridized carbons (Fsp3) is 0.769. The van der Waals surface area contributed by atoms with Crippen LogP contribution in [0.3, 0.4) is 0 Å². The summed E-state index contributed by atoms with van der Waals surface area (Å²) in [4.78, 5) is 43.1. The van der Waals surface area contributed by atoms with Crippen molar-refractivity contribution in [3.8, 4) is 0 Å². The number of allylic oxidation sites excluding steroid dienone is 4. The molecule has 10 heteroatoms. The Hall–Kier alpha value is -2.37. The van der Waals surface area contributed by atoms with Crippen molar-refractivity contribution in [2.75, 3.05) is 21.2 Å². The summed E-state index contributed by atoms with van der Waals surface area (Å²) >= 11 is 0. The van der Waals surface area contributed by atoms with Gasteiger partial charge in [-0.15, -0.1) is 0 Å². The van der Waals surface area contributed by atoms with Gasteiger partial charge in [-0.05, 0) is 115 Å². The summed E-state index contributed by atoms with van der Waals surface area (Å²) in [5.74, 6) is -0.271. The van der Waals surface area contributed by atoms with Crippen LogP contribution in [0.1, 0.15) is 85.5 Å². The van der Waals surface area contributed by atoms with Crippen LogP contribution in [0, 0.1) is 35.5 Å². The third kappa shape index (κ3) is 7.78. The number of cyclic esters (lactones) is 1. The molecule has 0 aromatic carbocycles. The molecule has 1 saturated carbocycles. The number of nitrogens with zero attached hydrogens (tertiary/aromatic N) is 1. The van der Waals surface area contributed by atoms with Crippen molar-refractivity contribution in [1.82, 2.24) is 4.90 Å². The van der Waals surface area contributed by atoms with Crippen molar-refractivity contribution in [2.24, 2.45) is 35.5 Å². The number of esters is 1. The molecule has 0 N–H and O–H groups in total. The van der Waals surface area contributed by atoms with E-state index in [1.165, 1.54) is 7.11 Å². The molecule has 6 aliphatic rings. The van der Waals surface area contributed by atoms with Crippen LogP contribution in [0.25, 0.3) is 0 Å². The number of carbonyl (C=O) groups excluding carboxylic acids is 3. The standard InChI is InChI=1S/C39H57NO9/c1-8-25-10-9-11-33(49-36-15-14-32(40(5)6)23(4)46-36)22(3)37(42)31-19-29-27(30(31)20-35(41)47-25)13-12-24-17-26(18-28(24)29)48-39-38(43)34(44-7)16-21(2)45-39/h12-13,16,19,21-30,32-33,36,39H,8-11,14-15,17-18,20H2,1-7H3/t21-,22+,23+,24+,25-,26+,27+,28+,29+,30-,32-,33-,36-,39-/m0/s1. The molecular weight excluding hydrogens is 626 g/mol. The Balaban J connectivity index is 1.21. The van der Waals surface area contributed by atoms with Gasteiger partial charge in [-0.1, -0.05) is 32.1 Å². The second-order valence-corrected chi connectivity index (χ2v) is 15.5. The van der Waals surface area contributed by atoms with E-state index in [0.717, 1.165) is 50.5 Å². The molecule has 0 amide bonds. The highest BCUT2D eigenvalue weighted by molar-refractivity contribution is 5.99. The van der Waals surface area contributed by atoms with Crippen LogP contribution in [0.4, 0.5) is 0 Å². The number of fused-ring (bicyclic) bond motifs is 5. The molecule has 0 aromatic rings. The lowest BCUT2D eigenvalue weighted by Gasteiger charge is -2.40. The highest BCUT2D eigenvalue weighted by Gasteiger charge is 2.51. The quantitative estimate of drug-likeness (QED) is 0.251. The molecule has 3 heterocycles. The second kappa shape index (κ2) is 15.5. The predicted molar refractivity (Wildman–Crippen MR) is 182 cm³/mol. The van der Waals surface area contributed by atoms with Gasteiger partial charge in [0.15, 0.2) is 17.8 Å². The molecule has 6 rings (SSSR count). The molecule has 3 fully saturated rings. The smallest absolute Gasteiger partial charge is 0.306 e. The molecule has 3 aliphatic carbocycles. The summed E-state index contributed by atoms with van der Waals surface area (Å²) in [5.41, 5.74) is 0.733. The van der Waals surface area contributed by atoms with E-state index in [1.807, 2.05) is 13.8 Å². The maximum Gasteiger partial charge on any atom is 0.306 e. The molecule has 10 nitrogen and oxygen atoms in total. The van der Waals surface area contributed by atoms with E-state index in [9.17, 15) is 14.4 Å². The number of methoxy groups -OCH3 is 1. The van der Waals surface area contributed by atoms with Crippen LogP contribution < -0.4 is 0 Å². The number of Topliss-reactive ketones (excluding diaryl/α,β-unsaturated/α-hetero) is 2. The molecule has 2 saturated heterocycles. The van der Waals surface area contributed by atoms with Crippen molar-refractivity contribution in [3.05, 3.63) is 35.6 Å². The Bertz CT molecular complexity index is 1320. The minimum absolute atomic E-state index is 0.0159. The SMILES string of the molecule is CC[C@H]1CCC[C@H](O[C@H]2CC[C@H](N(C)C)[C@@H](C)O2)[C@@H](C)C(=O)C2=C[C@@H]3[C@@H](C=C[C@@H]4C[C@@H](O[C@@H]5O[C@@H](C)C=C(OC)C5=O)C[C@@H]34)[C@@H]2CC(=O)O1. The molecule has 0 radical (unpaired) electrons. The van der Waals surface area contributed by atoms with Crippen molar-refractivity contribution in [3.63, 3.8) is 0 Å². The van der Waals surface area contributed by atoms with Crippen LogP contribution in [-0.2, 0) is 42.8 Å². The fourth-order valence-electron chi connectivity index (χ4n) is 9.43.